The first-order valence-electron chi connectivity index (χ1n) is 5.93. The minimum atomic E-state index is 0.392. The molecular weight excluding hydrogens is 232 g/mol. The van der Waals surface area contributed by atoms with Crippen molar-refractivity contribution in [2.24, 2.45) is 5.73 Å². The standard InChI is InChI=1S/C13H18N2OS/c1-3-4-9(8-14)13-15-11-6-5-10(16-2)7-12(11)17-13/h5-7,9H,3-4,8,14H2,1-2H3. The van der Waals surface area contributed by atoms with E-state index < -0.39 is 0 Å². The first-order valence-corrected chi connectivity index (χ1v) is 6.74. The van der Waals surface area contributed by atoms with Crippen LogP contribution < -0.4 is 10.5 Å². The number of fused-ring (bicyclic) bond motifs is 1. The summed E-state index contributed by atoms with van der Waals surface area (Å²) < 4.78 is 6.39. The SMILES string of the molecule is CCCC(CN)c1nc2ccc(OC)cc2s1. The lowest BCUT2D eigenvalue weighted by Crippen LogP contribution is -2.11. The number of methoxy groups -OCH3 is 1. The summed E-state index contributed by atoms with van der Waals surface area (Å²) in [6.45, 7) is 2.85. The van der Waals surface area contributed by atoms with Crippen molar-refractivity contribution in [1.82, 2.24) is 4.98 Å². The van der Waals surface area contributed by atoms with Crippen LogP contribution in [0.25, 0.3) is 10.2 Å². The summed E-state index contributed by atoms with van der Waals surface area (Å²) >= 11 is 1.73. The molecule has 92 valence electrons. The largest absolute Gasteiger partial charge is 0.497 e. The molecule has 0 saturated carbocycles. The van der Waals surface area contributed by atoms with Crippen LogP contribution in [0.1, 0.15) is 30.7 Å². The molecule has 1 aromatic heterocycles. The average molecular weight is 250 g/mol. The molecule has 2 rings (SSSR count). The van der Waals surface area contributed by atoms with E-state index in [1.807, 2.05) is 18.2 Å². The van der Waals surface area contributed by atoms with Gasteiger partial charge in [-0.1, -0.05) is 13.3 Å². The zero-order valence-corrected chi connectivity index (χ0v) is 11.1. The Labute approximate surface area is 106 Å². The van der Waals surface area contributed by atoms with Gasteiger partial charge in [-0.15, -0.1) is 11.3 Å². The van der Waals surface area contributed by atoms with Crippen LogP contribution in [0.5, 0.6) is 5.75 Å². The Balaban J connectivity index is 2.36. The van der Waals surface area contributed by atoms with Gasteiger partial charge in [0.25, 0.3) is 0 Å². The molecule has 2 N–H and O–H groups in total. The second kappa shape index (κ2) is 5.47. The fourth-order valence-electron chi connectivity index (χ4n) is 1.91. The quantitative estimate of drug-likeness (QED) is 0.886. The third-order valence-corrected chi connectivity index (χ3v) is 4.06. The molecule has 0 amide bonds. The predicted octanol–water partition coefficient (Wildman–Crippen LogP) is 3.15. The number of benzene rings is 1. The van der Waals surface area contributed by atoms with E-state index in [1.54, 1.807) is 18.4 Å². The van der Waals surface area contributed by atoms with Crippen molar-refractivity contribution in [3.63, 3.8) is 0 Å². The second-order valence-corrected chi connectivity index (χ2v) is 5.17. The summed E-state index contributed by atoms with van der Waals surface area (Å²) in [5.41, 5.74) is 6.85. The van der Waals surface area contributed by atoms with Crippen LogP contribution in [0.2, 0.25) is 0 Å². The molecular formula is C13H18N2OS. The normalized spacial score (nSPS) is 12.9. The molecule has 0 aliphatic rings. The third kappa shape index (κ3) is 2.58. The van der Waals surface area contributed by atoms with Crippen LogP contribution in [0, 0.1) is 0 Å². The summed E-state index contributed by atoms with van der Waals surface area (Å²) in [6.07, 6.45) is 2.24. The van der Waals surface area contributed by atoms with E-state index in [9.17, 15) is 0 Å². The van der Waals surface area contributed by atoms with Crippen molar-refractivity contribution >= 4 is 21.6 Å². The summed E-state index contributed by atoms with van der Waals surface area (Å²) in [6, 6.07) is 5.99. The van der Waals surface area contributed by atoms with Crippen LogP contribution in [0.3, 0.4) is 0 Å². The molecule has 0 radical (unpaired) electrons. The molecule has 0 spiro atoms. The number of nitrogens with zero attached hydrogens (tertiary/aromatic N) is 1. The fraction of sp³-hybridized carbons (Fsp3) is 0.462. The van der Waals surface area contributed by atoms with Gasteiger partial charge >= 0.3 is 0 Å². The smallest absolute Gasteiger partial charge is 0.120 e. The van der Waals surface area contributed by atoms with Gasteiger partial charge in [0.05, 0.1) is 22.3 Å². The van der Waals surface area contributed by atoms with Gasteiger partial charge in [0, 0.05) is 12.5 Å². The van der Waals surface area contributed by atoms with E-state index in [0.29, 0.717) is 12.5 Å². The molecule has 1 atom stereocenters. The Hall–Kier alpha value is -1.13. The molecule has 0 aliphatic carbocycles. The van der Waals surface area contributed by atoms with Crippen molar-refractivity contribution in [3.8, 4) is 5.75 Å². The highest BCUT2D eigenvalue weighted by Crippen LogP contribution is 2.31. The van der Waals surface area contributed by atoms with Gasteiger partial charge in [0.1, 0.15) is 5.75 Å². The monoisotopic (exact) mass is 250 g/mol. The van der Waals surface area contributed by atoms with Crippen molar-refractivity contribution in [2.45, 2.75) is 25.7 Å². The summed E-state index contributed by atoms with van der Waals surface area (Å²) in [5, 5.41) is 1.15. The van der Waals surface area contributed by atoms with E-state index in [4.69, 9.17) is 10.5 Å². The maximum atomic E-state index is 5.81. The van der Waals surface area contributed by atoms with Gasteiger partial charge in [0.2, 0.25) is 0 Å². The average Bonchev–Trinajstić information content (AvgIpc) is 2.78. The molecule has 2 aromatic rings. The van der Waals surface area contributed by atoms with E-state index >= 15 is 0 Å². The van der Waals surface area contributed by atoms with Crippen molar-refractivity contribution in [1.29, 1.82) is 0 Å². The number of hydrogen-bond acceptors (Lipinski definition) is 4. The van der Waals surface area contributed by atoms with Crippen molar-refractivity contribution in [2.75, 3.05) is 13.7 Å². The maximum Gasteiger partial charge on any atom is 0.120 e. The minimum absolute atomic E-state index is 0.392. The highest BCUT2D eigenvalue weighted by Gasteiger charge is 2.14. The zero-order valence-electron chi connectivity index (χ0n) is 10.3. The van der Waals surface area contributed by atoms with E-state index in [-0.39, 0.29) is 0 Å². The third-order valence-electron chi connectivity index (χ3n) is 2.88. The number of ether oxygens (including phenoxy) is 1. The molecule has 0 fully saturated rings. The van der Waals surface area contributed by atoms with Crippen LogP contribution in [-0.2, 0) is 0 Å². The van der Waals surface area contributed by atoms with Gasteiger partial charge in [0.15, 0.2) is 0 Å². The fourth-order valence-corrected chi connectivity index (χ4v) is 3.06. The molecule has 1 heterocycles. The minimum Gasteiger partial charge on any atom is -0.497 e. The Morgan fingerprint density at radius 1 is 1.47 bits per heavy atom. The highest BCUT2D eigenvalue weighted by molar-refractivity contribution is 7.18. The van der Waals surface area contributed by atoms with Gasteiger partial charge in [-0.2, -0.15) is 0 Å². The Morgan fingerprint density at radius 2 is 2.29 bits per heavy atom. The second-order valence-electron chi connectivity index (χ2n) is 4.11. The number of thiazole rings is 1. The number of aromatic nitrogens is 1. The molecule has 0 bridgehead atoms. The lowest BCUT2D eigenvalue weighted by molar-refractivity contribution is 0.415. The topological polar surface area (TPSA) is 48.1 Å². The van der Waals surface area contributed by atoms with E-state index in [1.165, 1.54) is 4.70 Å². The van der Waals surface area contributed by atoms with Gasteiger partial charge < -0.3 is 10.5 Å². The highest BCUT2D eigenvalue weighted by atomic mass is 32.1. The molecule has 4 heteroatoms. The van der Waals surface area contributed by atoms with Crippen LogP contribution in [0.15, 0.2) is 18.2 Å². The lowest BCUT2D eigenvalue weighted by atomic mass is 10.1. The van der Waals surface area contributed by atoms with E-state index in [0.717, 1.165) is 29.1 Å². The molecule has 1 aromatic carbocycles. The van der Waals surface area contributed by atoms with Crippen molar-refractivity contribution < 1.29 is 4.74 Å². The van der Waals surface area contributed by atoms with Crippen LogP contribution in [-0.4, -0.2) is 18.6 Å². The Kier molecular flexibility index (Phi) is 3.97. The summed E-state index contributed by atoms with van der Waals surface area (Å²) in [4.78, 5) is 4.66. The van der Waals surface area contributed by atoms with Gasteiger partial charge in [-0.05, 0) is 24.6 Å². The maximum absolute atomic E-state index is 5.81. The van der Waals surface area contributed by atoms with Crippen molar-refractivity contribution in [3.05, 3.63) is 23.2 Å². The molecule has 3 nitrogen and oxygen atoms in total. The molecule has 0 saturated heterocycles. The van der Waals surface area contributed by atoms with Crippen LogP contribution >= 0.6 is 11.3 Å². The van der Waals surface area contributed by atoms with Gasteiger partial charge in [-0.25, -0.2) is 4.98 Å². The number of nitrogens with two attached hydrogens (primary N) is 1. The zero-order chi connectivity index (χ0) is 12.3. The molecule has 17 heavy (non-hydrogen) atoms. The predicted molar refractivity (Wildman–Crippen MR) is 72.9 cm³/mol. The Morgan fingerprint density at radius 3 is 2.94 bits per heavy atom. The van der Waals surface area contributed by atoms with Crippen LogP contribution in [0.4, 0.5) is 0 Å². The summed E-state index contributed by atoms with van der Waals surface area (Å²) in [5.74, 6) is 1.27. The number of rotatable bonds is 5. The number of hydrogen-bond donors (Lipinski definition) is 1. The molecule has 1 unspecified atom stereocenters. The Bertz CT molecular complexity index is 495. The first-order chi connectivity index (χ1) is 8.28. The van der Waals surface area contributed by atoms with E-state index in [2.05, 4.69) is 11.9 Å². The lowest BCUT2D eigenvalue weighted by Gasteiger charge is -2.08. The molecule has 0 aliphatic heterocycles. The van der Waals surface area contributed by atoms with Gasteiger partial charge in [-0.3, -0.25) is 0 Å². The summed E-state index contributed by atoms with van der Waals surface area (Å²) in [7, 11) is 1.68. The first kappa shape index (κ1) is 12.3.